The Labute approximate surface area is 161 Å². The van der Waals surface area contributed by atoms with E-state index in [1.54, 1.807) is 31.2 Å². The van der Waals surface area contributed by atoms with Gasteiger partial charge in [-0.05, 0) is 37.3 Å². The Hall–Kier alpha value is -2.77. The number of hydrogen-bond donors (Lipinski definition) is 1. The summed E-state index contributed by atoms with van der Waals surface area (Å²) >= 11 is 7.30. The van der Waals surface area contributed by atoms with E-state index < -0.39 is 17.9 Å². The number of H-pyrrole nitrogens is 1. The first kappa shape index (κ1) is 17.6. The number of halogens is 2. The molecule has 2 aromatic heterocycles. The van der Waals surface area contributed by atoms with Crippen molar-refractivity contribution in [1.82, 2.24) is 9.97 Å². The highest BCUT2D eigenvalue weighted by Gasteiger charge is 2.22. The van der Waals surface area contributed by atoms with Crippen molar-refractivity contribution in [3.63, 3.8) is 0 Å². The van der Waals surface area contributed by atoms with Gasteiger partial charge in [-0.15, -0.1) is 11.3 Å². The molecular weight excluding hydrogens is 391 g/mol. The monoisotopic (exact) mass is 402 g/mol. The van der Waals surface area contributed by atoms with Gasteiger partial charge in [0.15, 0.2) is 11.9 Å². The molecule has 0 saturated heterocycles. The number of benzene rings is 2. The molecule has 0 amide bonds. The van der Waals surface area contributed by atoms with Crippen LogP contribution in [0.15, 0.2) is 47.3 Å². The zero-order chi connectivity index (χ0) is 19.1. The lowest BCUT2D eigenvalue weighted by atomic mass is 10.2. The molecule has 27 heavy (non-hydrogen) atoms. The van der Waals surface area contributed by atoms with Gasteiger partial charge in [0.05, 0.1) is 15.9 Å². The molecule has 4 rings (SSSR count). The third-order valence-electron chi connectivity index (χ3n) is 4.08. The SMILES string of the molecule is C[C@H](OC(=O)c1sc2cc(F)ccc2c1Cl)c1nc2ccccc2c(=O)[nH]1. The molecule has 1 atom stereocenters. The molecule has 2 heterocycles. The molecule has 0 saturated carbocycles. The Morgan fingerprint density at radius 1 is 1.26 bits per heavy atom. The average Bonchev–Trinajstić information content (AvgIpc) is 2.97. The summed E-state index contributed by atoms with van der Waals surface area (Å²) in [5.74, 6) is -0.841. The van der Waals surface area contributed by atoms with Gasteiger partial charge < -0.3 is 9.72 Å². The van der Waals surface area contributed by atoms with Gasteiger partial charge in [0, 0.05) is 10.1 Å². The molecule has 0 aliphatic heterocycles. The number of esters is 1. The first-order valence-corrected chi connectivity index (χ1v) is 9.21. The van der Waals surface area contributed by atoms with Crippen molar-refractivity contribution >= 4 is 49.9 Å². The maximum atomic E-state index is 13.4. The fraction of sp³-hybridized carbons (Fsp3) is 0.105. The van der Waals surface area contributed by atoms with Crippen LogP contribution in [0.2, 0.25) is 5.02 Å². The second-order valence-electron chi connectivity index (χ2n) is 5.90. The normalized spacial score (nSPS) is 12.4. The van der Waals surface area contributed by atoms with Crippen LogP contribution in [0.1, 0.15) is 28.5 Å². The molecular formula is C19H12ClFN2O3S. The first-order valence-electron chi connectivity index (χ1n) is 8.01. The van der Waals surface area contributed by atoms with E-state index in [0.717, 1.165) is 11.3 Å². The zero-order valence-corrected chi connectivity index (χ0v) is 15.5. The lowest BCUT2D eigenvalue weighted by molar-refractivity contribution is 0.0326. The molecule has 0 fully saturated rings. The van der Waals surface area contributed by atoms with Crippen molar-refractivity contribution in [2.75, 3.05) is 0 Å². The van der Waals surface area contributed by atoms with Crippen LogP contribution in [0.5, 0.6) is 0 Å². The number of nitrogens with one attached hydrogen (secondary N) is 1. The predicted octanol–water partition coefficient (Wildman–Crippen LogP) is 4.85. The van der Waals surface area contributed by atoms with Crippen LogP contribution in [-0.4, -0.2) is 15.9 Å². The topological polar surface area (TPSA) is 72.0 Å². The van der Waals surface area contributed by atoms with Gasteiger partial charge in [0.1, 0.15) is 10.7 Å². The van der Waals surface area contributed by atoms with Gasteiger partial charge in [0.25, 0.3) is 5.56 Å². The number of thiophene rings is 1. The van der Waals surface area contributed by atoms with E-state index in [9.17, 15) is 14.0 Å². The summed E-state index contributed by atoms with van der Waals surface area (Å²) in [6.07, 6.45) is -0.798. The van der Waals surface area contributed by atoms with E-state index in [1.807, 2.05) is 0 Å². The Morgan fingerprint density at radius 2 is 2.04 bits per heavy atom. The Bertz CT molecular complexity index is 1250. The molecule has 8 heteroatoms. The summed E-state index contributed by atoms with van der Waals surface area (Å²) in [6.45, 7) is 1.60. The maximum Gasteiger partial charge on any atom is 0.350 e. The van der Waals surface area contributed by atoms with Crippen LogP contribution in [0.25, 0.3) is 21.0 Å². The molecule has 4 aromatic rings. The van der Waals surface area contributed by atoms with Crippen molar-refractivity contribution < 1.29 is 13.9 Å². The number of ether oxygens (including phenoxy) is 1. The fourth-order valence-corrected chi connectivity index (χ4v) is 4.15. The highest BCUT2D eigenvalue weighted by Crippen LogP contribution is 2.36. The zero-order valence-electron chi connectivity index (χ0n) is 14.0. The molecule has 0 aliphatic carbocycles. The minimum atomic E-state index is -0.798. The lowest BCUT2D eigenvalue weighted by Crippen LogP contribution is -2.17. The number of rotatable bonds is 3. The predicted molar refractivity (Wildman–Crippen MR) is 103 cm³/mol. The highest BCUT2D eigenvalue weighted by atomic mass is 35.5. The summed E-state index contributed by atoms with van der Waals surface area (Å²) in [6, 6.07) is 11.0. The van der Waals surface area contributed by atoms with Crippen molar-refractivity contribution in [1.29, 1.82) is 0 Å². The average molecular weight is 403 g/mol. The summed E-state index contributed by atoms with van der Waals surface area (Å²) < 4.78 is 19.4. The Morgan fingerprint density at radius 3 is 2.85 bits per heavy atom. The molecule has 0 spiro atoms. The van der Waals surface area contributed by atoms with Crippen molar-refractivity contribution in [3.05, 3.63) is 74.4 Å². The minimum absolute atomic E-state index is 0.173. The van der Waals surface area contributed by atoms with Crippen LogP contribution in [0, 0.1) is 5.82 Å². The standard InChI is InChI=1S/C19H12ClFN2O3S/c1-9(17-22-13-5-3-2-4-11(13)18(24)23-17)26-19(25)16-15(20)12-7-6-10(21)8-14(12)27-16/h2-9H,1H3,(H,22,23,24)/t9-/m0/s1. The van der Waals surface area contributed by atoms with Crippen molar-refractivity contribution in [2.45, 2.75) is 13.0 Å². The van der Waals surface area contributed by atoms with Gasteiger partial charge in [-0.1, -0.05) is 23.7 Å². The van der Waals surface area contributed by atoms with Crippen LogP contribution >= 0.6 is 22.9 Å². The van der Waals surface area contributed by atoms with Crippen LogP contribution < -0.4 is 5.56 Å². The van der Waals surface area contributed by atoms with E-state index in [2.05, 4.69) is 9.97 Å². The quantitative estimate of drug-likeness (QED) is 0.497. The number of carbonyl (C=O) groups is 1. The van der Waals surface area contributed by atoms with Gasteiger partial charge >= 0.3 is 5.97 Å². The molecule has 0 radical (unpaired) electrons. The summed E-state index contributed by atoms with van der Waals surface area (Å²) in [5, 5.41) is 1.25. The number of fused-ring (bicyclic) bond motifs is 2. The fourth-order valence-electron chi connectivity index (χ4n) is 2.74. The molecule has 5 nitrogen and oxygen atoms in total. The van der Waals surface area contributed by atoms with Crippen LogP contribution in [-0.2, 0) is 4.74 Å². The number of para-hydroxylation sites is 1. The molecule has 0 aliphatic rings. The van der Waals surface area contributed by atoms with E-state index in [0.29, 0.717) is 21.0 Å². The van der Waals surface area contributed by atoms with E-state index in [4.69, 9.17) is 16.3 Å². The Kier molecular flexibility index (Phi) is 4.41. The molecule has 0 bridgehead atoms. The first-order chi connectivity index (χ1) is 12.9. The largest absolute Gasteiger partial charge is 0.450 e. The smallest absolute Gasteiger partial charge is 0.350 e. The second kappa shape index (κ2) is 6.75. The maximum absolute atomic E-state index is 13.4. The number of aromatic amines is 1. The van der Waals surface area contributed by atoms with Gasteiger partial charge in [-0.25, -0.2) is 14.2 Å². The van der Waals surface area contributed by atoms with Crippen molar-refractivity contribution in [2.24, 2.45) is 0 Å². The highest BCUT2D eigenvalue weighted by molar-refractivity contribution is 7.21. The summed E-state index contributed by atoms with van der Waals surface area (Å²) in [4.78, 5) is 31.9. The molecule has 136 valence electrons. The molecule has 2 aromatic carbocycles. The Balaban J connectivity index is 1.65. The third-order valence-corrected chi connectivity index (χ3v) is 5.71. The van der Waals surface area contributed by atoms with E-state index in [-0.39, 0.29) is 21.3 Å². The number of carbonyl (C=O) groups excluding carboxylic acids is 1. The second-order valence-corrected chi connectivity index (χ2v) is 7.33. The summed E-state index contributed by atoms with van der Waals surface area (Å²) in [7, 11) is 0. The minimum Gasteiger partial charge on any atom is -0.450 e. The van der Waals surface area contributed by atoms with Crippen LogP contribution in [0.4, 0.5) is 4.39 Å². The number of hydrogen-bond acceptors (Lipinski definition) is 5. The number of aromatic nitrogens is 2. The van der Waals surface area contributed by atoms with Gasteiger partial charge in [-0.2, -0.15) is 0 Å². The lowest BCUT2D eigenvalue weighted by Gasteiger charge is -2.12. The van der Waals surface area contributed by atoms with Crippen molar-refractivity contribution in [3.8, 4) is 0 Å². The van der Waals surface area contributed by atoms with E-state index in [1.165, 1.54) is 18.2 Å². The molecule has 0 unspecified atom stereocenters. The third kappa shape index (κ3) is 3.20. The van der Waals surface area contributed by atoms with E-state index >= 15 is 0 Å². The van der Waals surface area contributed by atoms with Gasteiger partial charge in [0.2, 0.25) is 0 Å². The summed E-state index contributed by atoms with van der Waals surface area (Å²) in [5.41, 5.74) is 0.198. The van der Waals surface area contributed by atoms with Gasteiger partial charge in [-0.3, -0.25) is 4.79 Å². The number of nitrogens with zero attached hydrogens (tertiary/aromatic N) is 1. The molecule has 1 N–H and O–H groups in total. The van der Waals surface area contributed by atoms with Crippen LogP contribution in [0.3, 0.4) is 0 Å².